The van der Waals surface area contributed by atoms with Gasteiger partial charge in [-0.1, -0.05) is 65.3 Å². The third-order valence-electron chi connectivity index (χ3n) is 10.1. The molecule has 1 aliphatic heterocycles. The van der Waals surface area contributed by atoms with E-state index in [4.69, 9.17) is 0 Å². The Morgan fingerprint density at radius 2 is 1.73 bits per heavy atom. The Bertz CT molecular complexity index is 837. The minimum Gasteiger partial charge on any atom is -0.352 e. The van der Waals surface area contributed by atoms with Crippen molar-refractivity contribution in [1.82, 2.24) is 5.32 Å². The second-order valence-electron chi connectivity index (χ2n) is 12.7. The van der Waals surface area contributed by atoms with Crippen LogP contribution in [0.5, 0.6) is 0 Å². The zero-order chi connectivity index (χ0) is 21.3. The summed E-state index contributed by atoms with van der Waals surface area (Å²) in [6, 6.07) is 9.10. The summed E-state index contributed by atoms with van der Waals surface area (Å²) in [5.74, 6) is 2.84. The number of carbonyl (C=O) groups excluding carboxylic acids is 1. The fourth-order valence-corrected chi connectivity index (χ4v) is 8.52. The maximum absolute atomic E-state index is 13.4. The summed E-state index contributed by atoms with van der Waals surface area (Å²) in [6.07, 6.45) is 10.6. The van der Waals surface area contributed by atoms with E-state index in [9.17, 15) is 4.79 Å². The molecule has 1 heterocycles. The molecule has 2 heteroatoms. The van der Waals surface area contributed by atoms with Crippen LogP contribution in [0.25, 0.3) is 0 Å². The molecule has 0 aromatic heterocycles. The van der Waals surface area contributed by atoms with Crippen LogP contribution in [0.3, 0.4) is 0 Å². The number of benzene rings is 1. The van der Waals surface area contributed by atoms with Crippen LogP contribution in [0.1, 0.15) is 103 Å². The van der Waals surface area contributed by atoms with Gasteiger partial charge in [0.1, 0.15) is 0 Å². The predicted molar refractivity (Wildman–Crippen MR) is 123 cm³/mol. The van der Waals surface area contributed by atoms with E-state index in [2.05, 4.69) is 64.2 Å². The van der Waals surface area contributed by atoms with Crippen LogP contribution in [0.4, 0.5) is 0 Å². The lowest BCUT2D eigenvalue weighted by Crippen LogP contribution is -2.62. The van der Waals surface area contributed by atoms with Gasteiger partial charge in [0.15, 0.2) is 0 Å². The van der Waals surface area contributed by atoms with E-state index in [1.54, 1.807) is 0 Å². The molecule has 30 heavy (non-hydrogen) atoms. The molecule has 2 nitrogen and oxygen atoms in total. The highest BCUT2D eigenvalue weighted by molar-refractivity contribution is 5.85. The van der Waals surface area contributed by atoms with Crippen molar-refractivity contribution in [2.75, 3.05) is 0 Å². The second kappa shape index (κ2) is 6.84. The fraction of sp³-hybridized carbons (Fsp3) is 0.750. The van der Waals surface area contributed by atoms with E-state index >= 15 is 0 Å². The third kappa shape index (κ3) is 3.00. The first kappa shape index (κ1) is 20.6. The Hall–Kier alpha value is -1.31. The van der Waals surface area contributed by atoms with Crippen molar-refractivity contribution in [3.05, 3.63) is 35.4 Å². The smallest absolute Gasteiger partial charge is 0.227 e. The van der Waals surface area contributed by atoms with Crippen molar-refractivity contribution < 1.29 is 4.79 Å². The van der Waals surface area contributed by atoms with Crippen LogP contribution in [0.15, 0.2) is 24.3 Å². The lowest BCUT2D eigenvalue weighted by molar-refractivity contribution is -0.138. The lowest BCUT2D eigenvalue weighted by Gasteiger charge is -2.60. The van der Waals surface area contributed by atoms with Crippen LogP contribution in [0.2, 0.25) is 0 Å². The Kier molecular flexibility index (Phi) is 4.70. The van der Waals surface area contributed by atoms with E-state index in [0.29, 0.717) is 11.5 Å². The molecule has 1 saturated heterocycles. The van der Waals surface area contributed by atoms with E-state index in [1.807, 2.05) is 0 Å². The number of rotatable bonds is 1. The van der Waals surface area contributed by atoms with Crippen molar-refractivity contribution in [3.8, 4) is 0 Å². The Balaban J connectivity index is 1.50. The SMILES string of the molecule is CC(C)(C)c1ccccc1C1C[C@@]2(C)[C@@H](CC[C@H]3[C@@H]4CCC[C@@]4(C)CC[C@@H]32)NC1=O. The molecule has 3 saturated carbocycles. The molecule has 1 aromatic carbocycles. The molecule has 1 amide bonds. The van der Waals surface area contributed by atoms with Crippen molar-refractivity contribution in [2.45, 2.75) is 103 Å². The van der Waals surface area contributed by atoms with Gasteiger partial charge in [0.2, 0.25) is 5.91 Å². The monoisotopic (exact) mass is 407 g/mol. The van der Waals surface area contributed by atoms with Crippen molar-refractivity contribution in [3.63, 3.8) is 0 Å². The molecule has 5 rings (SSSR count). The Morgan fingerprint density at radius 1 is 0.967 bits per heavy atom. The molecule has 4 fully saturated rings. The van der Waals surface area contributed by atoms with Gasteiger partial charge in [0, 0.05) is 6.04 Å². The first-order chi connectivity index (χ1) is 14.1. The first-order valence-electron chi connectivity index (χ1n) is 12.5. The summed E-state index contributed by atoms with van der Waals surface area (Å²) in [6.45, 7) is 11.9. The average Bonchev–Trinajstić information content (AvgIpc) is 3.09. The normalized spacial score (nSPS) is 43.4. The Morgan fingerprint density at radius 3 is 2.50 bits per heavy atom. The highest BCUT2D eigenvalue weighted by Crippen LogP contribution is 2.64. The summed E-state index contributed by atoms with van der Waals surface area (Å²) < 4.78 is 0. The number of carbonyl (C=O) groups is 1. The van der Waals surface area contributed by atoms with E-state index < -0.39 is 0 Å². The van der Waals surface area contributed by atoms with Gasteiger partial charge >= 0.3 is 0 Å². The highest BCUT2D eigenvalue weighted by Gasteiger charge is 2.59. The number of hydrogen-bond acceptors (Lipinski definition) is 1. The standard InChI is InChI=1S/C28H41NO/c1-26(2,3)21-10-7-6-9-18(21)20-17-28(5)23-14-16-27(4)15-8-11-22(27)19(23)12-13-24(28)29-25(20)30/h6-7,9-10,19-20,22-24H,8,11-17H2,1-5H3,(H,29,30)/t19-,20?,22-,23-,24+,27-,28+/m0/s1. The van der Waals surface area contributed by atoms with Gasteiger partial charge in [-0.05, 0) is 90.1 Å². The molecule has 7 atom stereocenters. The van der Waals surface area contributed by atoms with E-state index in [-0.39, 0.29) is 22.7 Å². The van der Waals surface area contributed by atoms with Crippen molar-refractivity contribution >= 4 is 5.91 Å². The lowest BCUT2D eigenvalue weighted by atomic mass is 9.47. The number of piperidine rings is 1. The van der Waals surface area contributed by atoms with Crippen LogP contribution in [-0.4, -0.2) is 11.9 Å². The topological polar surface area (TPSA) is 29.1 Å². The molecule has 0 bridgehead atoms. The second-order valence-corrected chi connectivity index (χ2v) is 12.7. The summed E-state index contributed by atoms with van der Waals surface area (Å²) in [5.41, 5.74) is 3.49. The molecule has 4 aliphatic rings. The Labute approximate surface area is 183 Å². The molecule has 3 aliphatic carbocycles. The minimum absolute atomic E-state index is 0.00249. The van der Waals surface area contributed by atoms with Crippen molar-refractivity contribution in [2.24, 2.45) is 28.6 Å². The van der Waals surface area contributed by atoms with Crippen molar-refractivity contribution in [1.29, 1.82) is 0 Å². The number of hydrogen-bond donors (Lipinski definition) is 1. The van der Waals surface area contributed by atoms with Gasteiger partial charge in [0.05, 0.1) is 5.92 Å². The summed E-state index contributed by atoms with van der Waals surface area (Å²) in [7, 11) is 0. The summed E-state index contributed by atoms with van der Waals surface area (Å²) >= 11 is 0. The molecule has 0 spiro atoms. The molecule has 0 radical (unpaired) electrons. The third-order valence-corrected chi connectivity index (χ3v) is 10.1. The summed E-state index contributed by atoms with van der Waals surface area (Å²) in [5, 5.41) is 3.55. The van der Waals surface area contributed by atoms with Gasteiger partial charge in [0.25, 0.3) is 0 Å². The van der Waals surface area contributed by atoms with Gasteiger partial charge in [-0.25, -0.2) is 0 Å². The maximum atomic E-state index is 13.4. The first-order valence-corrected chi connectivity index (χ1v) is 12.5. The summed E-state index contributed by atoms with van der Waals surface area (Å²) in [4.78, 5) is 13.4. The number of amides is 1. The van der Waals surface area contributed by atoms with Gasteiger partial charge in [-0.15, -0.1) is 0 Å². The maximum Gasteiger partial charge on any atom is 0.227 e. The van der Waals surface area contributed by atoms with Gasteiger partial charge < -0.3 is 5.32 Å². The zero-order valence-electron chi connectivity index (χ0n) is 19.8. The molecule has 1 aromatic rings. The van der Waals surface area contributed by atoms with Crippen LogP contribution in [-0.2, 0) is 10.2 Å². The minimum atomic E-state index is -0.00249. The largest absolute Gasteiger partial charge is 0.352 e. The van der Waals surface area contributed by atoms with Crippen LogP contribution in [0, 0.1) is 28.6 Å². The zero-order valence-corrected chi connectivity index (χ0v) is 19.8. The predicted octanol–water partition coefficient (Wildman–Crippen LogP) is 6.59. The number of nitrogens with one attached hydrogen (secondary N) is 1. The highest BCUT2D eigenvalue weighted by atomic mass is 16.2. The fourth-order valence-electron chi connectivity index (χ4n) is 8.52. The molecular formula is C28H41NO. The average molecular weight is 408 g/mol. The molecular weight excluding hydrogens is 366 g/mol. The van der Waals surface area contributed by atoms with Crippen LogP contribution < -0.4 is 5.32 Å². The number of fused-ring (bicyclic) bond motifs is 5. The van der Waals surface area contributed by atoms with Gasteiger partial charge in [-0.2, -0.15) is 0 Å². The van der Waals surface area contributed by atoms with Gasteiger partial charge in [-0.3, -0.25) is 4.79 Å². The van der Waals surface area contributed by atoms with Crippen LogP contribution >= 0.6 is 0 Å². The van der Waals surface area contributed by atoms with E-state index in [0.717, 1.165) is 24.2 Å². The molecule has 164 valence electrons. The quantitative estimate of drug-likeness (QED) is 0.559. The molecule has 1 N–H and O–H groups in total. The molecule has 1 unspecified atom stereocenters. The van der Waals surface area contributed by atoms with E-state index in [1.165, 1.54) is 56.1 Å².